The fraction of sp³-hybridized carbons (Fsp3) is 0.467. The minimum absolute atomic E-state index is 0.0435. The molecule has 1 rings (SSSR count). The van der Waals surface area contributed by atoms with E-state index < -0.39 is 0 Å². The molecule has 3 N–H and O–H groups in total. The molecular formula is C15H21N3O. The van der Waals surface area contributed by atoms with E-state index in [2.05, 4.69) is 11.4 Å². The maximum Gasteiger partial charge on any atom is 0.222 e. The molecule has 1 aromatic rings. The van der Waals surface area contributed by atoms with E-state index in [1.807, 2.05) is 32.9 Å². The fourth-order valence-corrected chi connectivity index (χ4v) is 1.68. The number of rotatable bonds is 5. The van der Waals surface area contributed by atoms with E-state index in [0.717, 1.165) is 5.56 Å². The summed E-state index contributed by atoms with van der Waals surface area (Å²) in [5, 5.41) is 11.6. The normalized spacial score (nSPS) is 13.7. The Hall–Kier alpha value is -1.86. The molecule has 0 aliphatic rings. The molecule has 1 aromatic carbocycles. The summed E-state index contributed by atoms with van der Waals surface area (Å²) in [5.41, 5.74) is 7.47. The summed E-state index contributed by atoms with van der Waals surface area (Å²) < 4.78 is 0. The van der Waals surface area contributed by atoms with E-state index >= 15 is 0 Å². The highest BCUT2D eigenvalue weighted by Gasteiger charge is 2.15. The highest BCUT2D eigenvalue weighted by Crippen LogP contribution is 2.13. The van der Waals surface area contributed by atoms with Gasteiger partial charge >= 0.3 is 0 Å². The third-order valence-corrected chi connectivity index (χ3v) is 3.19. The van der Waals surface area contributed by atoms with Crippen molar-refractivity contribution in [3.8, 4) is 6.07 Å². The van der Waals surface area contributed by atoms with Gasteiger partial charge in [0, 0.05) is 12.5 Å². The van der Waals surface area contributed by atoms with E-state index in [1.54, 1.807) is 12.1 Å². The molecule has 0 saturated heterocycles. The zero-order valence-corrected chi connectivity index (χ0v) is 11.7. The minimum atomic E-state index is -0.117. The average Bonchev–Trinajstić information content (AvgIpc) is 2.38. The van der Waals surface area contributed by atoms with E-state index in [-0.39, 0.29) is 23.9 Å². The van der Waals surface area contributed by atoms with Crippen LogP contribution in [0.1, 0.15) is 44.4 Å². The second-order valence-electron chi connectivity index (χ2n) is 5.14. The van der Waals surface area contributed by atoms with Gasteiger partial charge in [0.25, 0.3) is 0 Å². The number of carbonyl (C=O) groups is 1. The predicted molar refractivity (Wildman–Crippen MR) is 75.1 cm³/mol. The zero-order valence-electron chi connectivity index (χ0n) is 11.7. The molecule has 0 aliphatic carbocycles. The first-order valence-electron chi connectivity index (χ1n) is 6.49. The van der Waals surface area contributed by atoms with Crippen LogP contribution < -0.4 is 11.1 Å². The van der Waals surface area contributed by atoms with E-state index in [4.69, 9.17) is 11.0 Å². The largest absolute Gasteiger partial charge is 0.350 e. The van der Waals surface area contributed by atoms with Crippen LogP contribution in [-0.2, 0) is 4.79 Å². The summed E-state index contributed by atoms with van der Waals surface area (Å²) in [6, 6.07) is 9.07. The zero-order chi connectivity index (χ0) is 14.4. The molecular weight excluding hydrogens is 238 g/mol. The second kappa shape index (κ2) is 6.91. The van der Waals surface area contributed by atoms with Crippen LogP contribution in [0.5, 0.6) is 0 Å². The maximum atomic E-state index is 11.8. The van der Waals surface area contributed by atoms with E-state index in [0.29, 0.717) is 12.0 Å². The molecule has 0 aliphatic heterocycles. The number of nitriles is 1. The molecule has 0 spiro atoms. The summed E-state index contributed by atoms with van der Waals surface area (Å²) >= 11 is 0. The molecule has 4 heteroatoms. The van der Waals surface area contributed by atoms with Crippen molar-refractivity contribution in [2.45, 2.75) is 39.3 Å². The topological polar surface area (TPSA) is 78.9 Å². The number of benzene rings is 1. The van der Waals surface area contributed by atoms with Crippen molar-refractivity contribution in [3.05, 3.63) is 35.4 Å². The molecule has 2 unspecified atom stereocenters. The number of carbonyl (C=O) groups excluding carboxylic acids is 1. The van der Waals surface area contributed by atoms with Crippen LogP contribution in [-0.4, -0.2) is 11.9 Å². The van der Waals surface area contributed by atoms with Crippen molar-refractivity contribution in [2.75, 3.05) is 0 Å². The molecule has 1 amide bonds. The van der Waals surface area contributed by atoms with E-state index in [1.165, 1.54) is 0 Å². The summed E-state index contributed by atoms with van der Waals surface area (Å²) in [5.74, 6) is 0.244. The first-order chi connectivity index (χ1) is 8.93. The van der Waals surface area contributed by atoms with Gasteiger partial charge < -0.3 is 11.1 Å². The minimum Gasteiger partial charge on any atom is -0.350 e. The molecule has 0 fully saturated rings. The number of hydrogen-bond acceptors (Lipinski definition) is 3. The first-order valence-corrected chi connectivity index (χ1v) is 6.49. The Labute approximate surface area is 114 Å². The van der Waals surface area contributed by atoms with Crippen molar-refractivity contribution >= 4 is 5.91 Å². The lowest BCUT2D eigenvalue weighted by Crippen LogP contribution is -2.35. The molecule has 19 heavy (non-hydrogen) atoms. The Balaban J connectivity index is 2.56. The maximum absolute atomic E-state index is 11.8. The second-order valence-corrected chi connectivity index (χ2v) is 5.14. The molecule has 0 radical (unpaired) electrons. The number of amides is 1. The van der Waals surface area contributed by atoms with Crippen LogP contribution in [0.15, 0.2) is 24.3 Å². The van der Waals surface area contributed by atoms with Gasteiger partial charge in [-0.25, -0.2) is 0 Å². The Morgan fingerprint density at radius 2 is 1.89 bits per heavy atom. The number of nitrogens with zero attached hydrogens (tertiary/aromatic N) is 1. The van der Waals surface area contributed by atoms with Crippen molar-refractivity contribution in [3.63, 3.8) is 0 Å². The third-order valence-electron chi connectivity index (χ3n) is 3.19. The monoisotopic (exact) mass is 259 g/mol. The SMILES string of the molecule is CC(NC(=O)CC(N)C(C)C)c1ccc(C#N)cc1. The van der Waals surface area contributed by atoms with Gasteiger partial charge in [-0.15, -0.1) is 0 Å². The standard InChI is InChI=1S/C15H21N3O/c1-10(2)14(17)8-15(19)18-11(3)13-6-4-12(9-16)5-7-13/h4-7,10-11,14H,8,17H2,1-3H3,(H,18,19). The van der Waals surface area contributed by atoms with Crippen molar-refractivity contribution < 1.29 is 4.79 Å². The van der Waals surface area contributed by atoms with Crippen molar-refractivity contribution in [2.24, 2.45) is 11.7 Å². The summed E-state index contributed by atoms with van der Waals surface area (Å²) in [6.07, 6.45) is 0.332. The smallest absolute Gasteiger partial charge is 0.222 e. The predicted octanol–water partition coefficient (Wildman–Crippen LogP) is 2.11. The van der Waals surface area contributed by atoms with E-state index in [9.17, 15) is 4.79 Å². The van der Waals surface area contributed by atoms with Gasteiger partial charge in [0.05, 0.1) is 17.7 Å². The third kappa shape index (κ3) is 4.72. The van der Waals surface area contributed by atoms with Gasteiger partial charge in [-0.1, -0.05) is 26.0 Å². The average molecular weight is 259 g/mol. The molecule has 102 valence electrons. The summed E-state index contributed by atoms with van der Waals surface area (Å²) in [4.78, 5) is 11.8. The molecule has 0 saturated carbocycles. The van der Waals surface area contributed by atoms with Gasteiger partial charge in [0.15, 0.2) is 0 Å². The Kier molecular flexibility index (Phi) is 5.53. The highest BCUT2D eigenvalue weighted by atomic mass is 16.1. The fourth-order valence-electron chi connectivity index (χ4n) is 1.68. The van der Waals surface area contributed by atoms with Crippen LogP contribution in [0.4, 0.5) is 0 Å². The Morgan fingerprint density at radius 1 is 1.32 bits per heavy atom. The van der Waals surface area contributed by atoms with Crippen LogP contribution in [0.2, 0.25) is 0 Å². The van der Waals surface area contributed by atoms with Crippen LogP contribution in [0, 0.1) is 17.2 Å². The van der Waals surface area contributed by atoms with Crippen LogP contribution >= 0.6 is 0 Å². The molecule has 0 bridgehead atoms. The molecule has 4 nitrogen and oxygen atoms in total. The quantitative estimate of drug-likeness (QED) is 0.850. The lowest BCUT2D eigenvalue weighted by atomic mass is 10.0. The summed E-state index contributed by atoms with van der Waals surface area (Å²) in [7, 11) is 0. The van der Waals surface area contributed by atoms with Crippen LogP contribution in [0.3, 0.4) is 0 Å². The van der Waals surface area contributed by atoms with Gasteiger partial charge in [0.2, 0.25) is 5.91 Å². The van der Waals surface area contributed by atoms with Gasteiger partial charge in [-0.3, -0.25) is 4.79 Å². The molecule has 0 aromatic heterocycles. The van der Waals surface area contributed by atoms with Crippen molar-refractivity contribution in [1.29, 1.82) is 5.26 Å². The Morgan fingerprint density at radius 3 is 2.37 bits per heavy atom. The number of nitrogens with two attached hydrogens (primary N) is 1. The Bertz CT molecular complexity index is 459. The van der Waals surface area contributed by atoms with Crippen molar-refractivity contribution in [1.82, 2.24) is 5.32 Å². The lowest BCUT2D eigenvalue weighted by molar-refractivity contribution is -0.122. The van der Waals surface area contributed by atoms with Gasteiger partial charge in [0.1, 0.15) is 0 Å². The first kappa shape index (κ1) is 15.2. The number of hydrogen-bond donors (Lipinski definition) is 2. The van der Waals surface area contributed by atoms with Gasteiger partial charge in [-0.2, -0.15) is 5.26 Å². The van der Waals surface area contributed by atoms with Gasteiger partial charge in [-0.05, 0) is 30.5 Å². The number of nitrogens with one attached hydrogen (secondary N) is 1. The molecule has 0 heterocycles. The highest BCUT2D eigenvalue weighted by molar-refractivity contribution is 5.77. The lowest BCUT2D eigenvalue weighted by Gasteiger charge is -2.18. The molecule has 2 atom stereocenters. The summed E-state index contributed by atoms with van der Waals surface area (Å²) in [6.45, 7) is 5.92. The van der Waals surface area contributed by atoms with Crippen LogP contribution in [0.25, 0.3) is 0 Å².